The molecule has 1 fully saturated rings. The Morgan fingerprint density at radius 1 is 1.31 bits per heavy atom. The summed E-state index contributed by atoms with van der Waals surface area (Å²) < 4.78 is 11.1. The summed E-state index contributed by atoms with van der Waals surface area (Å²) in [5, 5.41) is 0. The molecule has 1 aromatic rings. The van der Waals surface area contributed by atoms with Crippen molar-refractivity contribution in [1.29, 1.82) is 0 Å². The van der Waals surface area contributed by atoms with Gasteiger partial charge in [-0.2, -0.15) is 0 Å². The molecule has 0 N–H and O–H groups in total. The van der Waals surface area contributed by atoms with Crippen LogP contribution >= 0.6 is 0 Å². The molecule has 1 aliphatic rings. The second kappa shape index (κ2) is 9.76. The van der Waals surface area contributed by atoms with Crippen LogP contribution in [0.1, 0.15) is 52.7 Å². The van der Waals surface area contributed by atoms with Gasteiger partial charge in [-0.05, 0) is 38.3 Å². The van der Waals surface area contributed by atoms with Crippen LogP contribution in [-0.4, -0.2) is 53.5 Å². The van der Waals surface area contributed by atoms with Crippen LogP contribution in [0.2, 0.25) is 0 Å². The number of carbonyl (C=O) groups excluding carboxylic acids is 2. The lowest BCUT2D eigenvalue weighted by Gasteiger charge is -2.32. The Morgan fingerprint density at radius 3 is 2.62 bits per heavy atom. The van der Waals surface area contributed by atoms with E-state index in [1.807, 2.05) is 39.8 Å². The van der Waals surface area contributed by atoms with Crippen LogP contribution in [-0.2, 0) is 20.9 Å². The largest absolute Gasteiger partial charge is 0.467 e. The lowest BCUT2D eigenvalue weighted by Crippen LogP contribution is -2.49. The van der Waals surface area contributed by atoms with Crippen LogP contribution in [0, 0.1) is 5.92 Å². The van der Waals surface area contributed by atoms with Gasteiger partial charge < -0.3 is 19.0 Å². The van der Waals surface area contributed by atoms with E-state index in [9.17, 15) is 9.59 Å². The molecule has 2 rings (SSSR count). The van der Waals surface area contributed by atoms with Gasteiger partial charge >= 0.3 is 0 Å². The molecule has 1 saturated heterocycles. The Labute approximate surface area is 156 Å². The Bertz CT molecular complexity index is 564. The van der Waals surface area contributed by atoms with E-state index in [0.29, 0.717) is 13.1 Å². The van der Waals surface area contributed by atoms with Crippen molar-refractivity contribution in [3.05, 3.63) is 24.2 Å². The third-order valence-electron chi connectivity index (χ3n) is 4.93. The molecule has 146 valence electrons. The normalized spacial score (nSPS) is 18.1. The molecule has 26 heavy (non-hydrogen) atoms. The summed E-state index contributed by atoms with van der Waals surface area (Å²) in [7, 11) is 0. The van der Waals surface area contributed by atoms with Crippen molar-refractivity contribution in [2.45, 2.75) is 65.6 Å². The molecule has 6 heteroatoms. The minimum Gasteiger partial charge on any atom is -0.467 e. The fourth-order valence-electron chi connectivity index (χ4n) is 3.13. The Morgan fingerprint density at radius 2 is 2.08 bits per heavy atom. The van der Waals surface area contributed by atoms with Crippen LogP contribution < -0.4 is 0 Å². The minimum atomic E-state index is -0.131. The molecule has 2 heterocycles. The lowest BCUT2D eigenvalue weighted by molar-refractivity contribution is -0.145. The van der Waals surface area contributed by atoms with Crippen molar-refractivity contribution in [3.8, 4) is 0 Å². The first kappa shape index (κ1) is 20.5. The monoisotopic (exact) mass is 364 g/mol. The van der Waals surface area contributed by atoms with Crippen molar-refractivity contribution in [2.24, 2.45) is 5.92 Å². The van der Waals surface area contributed by atoms with Crippen molar-refractivity contribution in [2.75, 3.05) is 19.7 Å². The highest BCUT2D eigenvalue weighted by Crippen LogP contribution is 2.17. The first-order valence-corrected chi connectivity index (χ1v) is 9.64. The van der Waals surface area contributed by atoms with E-state index in [4.69, 9.17) is 9.15 Å². The fourth-order valence-corrected chi connectivity index (χ4v) is 3.13. The molecule has 6 nitrogen and oxygen atoms in total. The summed E-state index contributed by atoms with van der Waals surface area (Å²) in [6.45, 7) is 9.54. The number of amides is 2. The predicted octanol–water partition coefficient (Wildman–Crippen LogP) is 3.07. The maximum atomic E-state index is 13.0. The molecule has 2 unspecified atom stereocenters. The zero-order valence-electron chi connectivity index (χ0n) is 16.4. The van der Waals surface area contributed by atoms with Gasteiger partial charge in [0.1, 0.15) is 12.3 Å². The van der Waals surface area contributed by atoms with E-state index in [-0.39, 0.29) is 36.4 Å². The molecule has 2 amide bonds. The SMILES string of the molecule is CCC(C)N(CC(=O)N(Cc1ccco1)CC1CCCO1)C(=O)C(C)C. The maximum absolute atomic E-state index is 13.0. The summed E-state index contributed by atoms with van der Waals surface area (Å²) >= 11 is 0. The highest BCUT2D eigenvalue weighted by atomic mass is 16.5. The summed E-state index contributed by atoms with van der Waals surface area (Å²) in [5.41, 5.74) is 0. The van der Waals surface area contributed by atoms with Crippen molar-refractivity contribution < 1.29 is 18.7 Å². The molecule has 0 bridgehead atoms. The Balaban J connectivity index is 2.10. The van der Waals surface area contributed by atoms with Gasteiger partial charge in [-0.15, -0.1) is 0 Å². The zero-order chi connectivity index (χ0) is 19.1. The molecule has 1 aliphatic heterocycles. The fraction of sp³-hybridized carbons (Fsp3) is 0.700. The molecule has 1 aromatic heterocycles. The molecule has 0 radical (unpaired) electrons. The van der Waals surface area contributed by atoms with E-state index in [1.165, 1.54) is 0 Å². The summed E-state index contributed by atoms with van der Waals surface area (Å²) in [5.74, 6) is 0.559. The van der Waals surface area contributed by atoms with Crippen LogP contribution in [0.4, 0.5) is 0 Å². The smallest absolute Gasteiger partial charge is 0.242 e. The molecule has 0 saturated carbocycles. The van der Waals surface area contributed by atoms with Crippen LogP contribution in [0.3, 0.4) is 0 Å². The number of ether oxygens (including phenoxy) is 1. The van der Waals surface area contributed by atoms with Gasteiger partial charge in [-0.3, -0.25) is 9.59 Å². The number of rotatable bonds is 9. The van der Waals surface area contributed by atoms with E-state index in [2.05, 4.69) is 0 Å². The van der Waals surface area contributed by atoms with E-state index >= 15 is 0 Å². The molecule has 0 aliphatic carbocycles. The number of furan rings is 1. The number of nitrogens with zero attached hydrogens (tertiary/aromatic N) is 2. The third-order valence-corrected chi connectivity index (χ3v) is 4.93. The van der Waals surface area contributed by atoms with Crippen LogP contribution in [0.15, 0.2) is 22.8 Å². The predicted molar refractivity (Wildman–Crippen MR) is 99.4 cm³/mol. The van der Waals surface area contributed by atoms with Gasteiger partial charge in [0.15, 0.2) is 0 Å². The molecule has 0 spiro atoms. The van der Waals surface area contributed by atoms with Gasteiger partial charge in [-0.1, -0.05) is 20.8 Å². The van der Waals surface area contributed by atoms with Crippen LogP contribution in [0.25, 0.3) is 0 Å². The van der Waals surface area contributed by atoms with Crippen LogP contribution in [0.5, 0.6) is 0 Å². The topological polar surface area (TPSA) is 63.0 Å². The standard InChI is InChI=1S/C20H32N2O4/c1-5-16(4)22(20(24)15(2)3)14-19(23)21(12-17-8-6-10-25-17)13-18-9-7-11-26-18/h6,8,10,15-16,18H,5,7,9,11-14H2,1-4H3. The average molecular weight is 364 g/mol. The highest BCUT2D eigenvalue weighted by molar-refractivity contribution is 5.86. The summed E-state index contributed by atoms with van der Waals surface area (Å²) in [6, 6.07) is 3.71. The maximum Gasteiger partial charge on any atom is 0.242 e. The summed E-state index contributed by atoms with van der Waals surface area (Å²) in [4.78, 5) is 29.1. The van der Waals surface area contributed by atoms with E-state index in [1.54, 1.807) is 16.1 Å². The van der Waals surface area contributed by atoms with Gasteiger partial charge in [0.25, 0.3) is 0 Å². The van der Waals surface area contributed by atoms with Gasteiger partial charge in [0.05, 0.1) is 18.9 Å². The van der Waals surface area contributed by atoms with Crippen molar-refractivity contribution >= 4 is 11.8 Å². The van der Waals surface area contributed by atoms with E-state index < -0.39 is 0 Å². The molecular weight excluding hydrogens is 332 g/mol. The van der Waals surface area contributed by atoms with Gasteiger partial charge in [0, 0.05) is 25.1 Å². The quantitative estimate of drug-likeness (QED) is 0.675. The second-order valence-corrected chi connectivity index (χ2v) is 7.37. The number of carbonyl (C=O) groups is 2. The Hall–Kier alpha value is -1.82. The number of hydrogen-bond donors (Lipinski definition) is 0. The zero-order valence-corrected chi connectivity index (χ0v) is 16.4. The van der Waals surface area contributed by atoms with Gasteiger partial charge in [-0.25, -0.2) is 0 Å². The highest BCUT2D eigenvalue weighted by Gasteiger charge is 2.28. The first-order valence-electron chi connectivity index (χ1n) is 9.64. The van der Waals surface area contributed by atoms with E-state index in [0.717, 1.165) is 31.6 Å². The molecule has 2 atom stereocenters. The second-order valence-electron chi connectivity index (χ2n) is 7.37. The average Bonchev–Trinajstić information content (AvgIpc) is 3.31. The Kier molecular flexibility index (Phi) is 7.69. The summed E-state index contributed by atoms with van der Waals surface area (Å²) in [6.07, 6.45) is 4.47. The lowest BCUT2D eigenvalue weighted by atomic mass is 10.1. The molecular formula is C20H32N2O4. The van der Waals surface area contributed by atoms with Crippen molar-refractivity contribution in [1.82, 2.24) is 9.80 Å². The molecule has 0 aromatic carbocycles. The van der Waals surface area contributed by atoms with Crippen molar-refractivity contribution in [3.63, 3.8) is 0 Å². The number of hydrogen-bond acceptors (Lipinski definition) is 4. The first-order chi connectivity index (χ1) is 12.4. The van der Waals surface area contributed by atoms with Gasteiger partial charge in [0.2, 0.25) is 11.8 Å². The minimum absolute atomic E-state index is 0.0164. The third kappa shape index (κ3) is 5.59.